The van der Waals surface area contributed by atoms with Crippen LogP contribution in [-0.4, -0.2) is 25.2 Å². The molecule has 0 N–H and O–H groups in total. The van der Waals surface area contributed by atoms with E-state index in [1.807, 2.05) is 51.6 Å². The van der Waals surface area contributed by atoms with E-state index in [1.54, 1.807) is 15.4 Å². The number of pyridine rings is 1. The number of aryl methyl sites for hydroxylation is 1. The number of carbonyl (C=O) groups is 1. The third-order valence-electron chi connectivity index (χ3n) is 3.35. The Morgan fingerprint density at radius 1 is 1.20 bits per heavy atom. The van der Waals surface area contributed by atoms with Crippen molar-refractivity contribution in [3.05, 3.63) is 42.5 Å². The normalized spacial score (nSPS) is 11.4. The molecule has 0 radical (unpaired) electrons. The third kappa shape index (κ3) is 2.01. The lowest BCUT2D eigenvalue weighted by Gasteiger charge is -2.03. The van der Waals surface area contributed by atoms with Gasteiger partial charge in [-0.05, 0) is 17.7 Å². The van der Waals surface area contributed by atoms with Gasteiger partial charge in [0.05, 0.1) is 23.5 Å². The molecule has 3 aromatic rings. The Labute approximate surface area is 116 Å². The maximum absolute atomic E-state index is 12.2. The largest absolute Gasteiger partial charge is 0.294 e. The monoisotopic (exact) mass is 268 g/mol. The summed E-state index contributed by atoms with van der Waals surface area (Å²) in [4.78, 5) is 12.2. The van der Waals surface area contributed by atoms with Gasteiger partial charge in [0.15, 0.2) is 5.78 Å². The molecule has 0 aliphatic carbocycles. The number of hydrogen-bond acceptors (Lipinski definition) is 3. The van der Waals surface area contributed by atoms with Crippen LogP contribution >= 0.6 is 0 Å². The van der Waals surface area contributed by atoms with Crippen LogP contribution in [0.15, 0.2) is 36.9 Å². The second-order valence-electron chi connectivity index (χ2n) is 5.23. The van der Waals surface area contributed by atoms with Crippen LogP contribution in [0.1, 0.15) is 24.2 Å². The molecule has 20 heavy (non-hydrogen) atoms. The van der Waals surface area contributed by atoms with Crippen LogP contribution in [0.4, 0.5) is 0 Å². The number of nitrogens with zero attached hydrogens (tertiary/aromatic N) is 4. The lowest BCUT2D eigenvalue weighted by atomic mass is 10.0. The van der Waals surface area contributed by atoms with Crippen molar-refractivity contribution in [2.45, 2.75) is 13.8 Å². The first-order valence-corrected chi connectivity index (χ1v) is 6.57. The molecule has 3 aromatic heterocycles. The molecule has 0 saturated heterocycles. The summed E-state index contributed by atoms with van der Waals surface area (Å²) in [6.07, 6.45) is 7.28. The van der Waals surface area contributed by atoms with Crippen molar-refractivity contribution in [1.29, 1.82) is 0 Å². The number of ketones is 1. The van der Waals surface area contributed by atoms with Crippen LogP contribution in [0.3, 0.4) is 0 Å². The van der Waals surface area contributed by atoms with Gasteiger partial charge in [-0.1, -0.05) is 13.8 Å². The molecule has 0 amide bonds. The molecule has 3 heterocycles. The number of rotatable bonds is 3. The van der Waals surface area contributed by atoms with Crippen molar-refractivity contribution in [3.8, 4) is 11.1 Å². The zero-order chi connectivity index (χ0) is 14.3. The van der Waals surface area contributed by atoms with E-state index >= 15 is 0 Å². The van der Waals surface area contributed by atoms with E-state index in [2.05, 4.69) is 10.2 Å². The molecule has 5 heteroatoms. The van der Waals surface area contributed by atoms with Gasteiger partial charge in [0, 0.05) is 30.9 Å². The molecule has 0 unspecified atom stereocenters. The SMILES string of the molecule is CC(C)C(=O)c1cnn2ccc(-c3cnn(C)c3)cc12. The fourth-order valence-corrected chi connectivity index (χ4v) is 2.23. The van der Waals surface area contributed by atoms with Crippen molar-refractivity contribution in [3.63, 3.8) is 0 Å². The average Bonchev–Trinajstić information content (AvgIpc) is 3.03. The van der Waals surface area contributed by atoms with Gasteiger partial charge in [0.25, 0.3) is 0 Å². The molecule has 0 atom stereocenters. The van der Waals surface area contributed by atoms with E-state index in [4.69, 9.17) is 0 Å². The fourth-order valence-electron chi connectivity index (χ4n) is 2.23. The Hall–Kier alpha value is -2.43. The van der Waals surface area contributed by atoms with Crippen LogP contribution in [0.5, 0.6) is 0 Å². The quantitative estimate of drug-likeness (QED) is 0.686. The minimum absolute atomic E-state index is 0.0370. The number of aromatic nitrogens is 4. The van der Waals surface area contributed by atoms with Crippen molar-refractivity contribution in [1.82, 2.24) is 19.4 Å². The molecular weight excluding hydrogens is 252 g/mol. The maximum Gasteiger partial charge on any atom is 0.169 e. The topological polar surface area (TPSA) is 52.2 Å². The summed E-state index contributed by atoms with van der Waals surface area (Å²) in [6.45, 7) is 3.80. The van der Waals surface area contributed by atoms with Crippen molar-refractivity contribution in [2.75, 3.05) is 0 Å². The van der Waals surface area contributed by atoms with Gasteiger partial charge < -0.3 is 0 Å². The first-order chi connectivity index (χ1) is 9.56. The first-order valence-electron chi connectivity index (χ1n) is 6.57. The van der Waals surface area contributed by atoms with Crippen LogP contribution in [0, 0.1) is 5.92 Å². The number of fused-ring (bicyclic) bond motifs is 1. The molecule has 0 spiro atoms. The van der Waals surface area contributed by atoms with Gasteiger partial charge in [-0.15, -0.1) is 0 Å². The summed E-state index contributed by atoms with van der Waals surface area (Å²) in [7, 11) is 1.88. The molecule has 5 nitrogen and oxygen atoms in total. The zero-order valence-electron chi connectivity index (χ0n) is 11.7. The van der Waals surface area contributed by atoms with Gasteiger partial charge in [0.1, 0.15) is 0 Å². The predicted octanol–water partition coefficient (Wildman–Crippen LogP) is 2.57. The summed E-state index contributed by atoms with van der Waals surface area (Å²) in [5.41, 5.74) is 3.57. The smallest absolute Gasteiger partial charge is 0.169 e. The molecule has 3 rings (SSSR count). The Morgan fingerprint density at radius 2 is 2.00 bits per heavy atom. The Balaban J connectivity index is 2.14. The highest BCUT2D eigenvalue weighted by Crippen LogP contribution is 2.23. The summed E-state index contributed by atoms with van der Waals surface area (Å²) in [5.74, 6) is 0.0772. The molecule has 0 aliphatic rings. The van der Waals surface area contributed by atoms with Crippen molar-refractivity contribution in [2.24, 2.45) is 13.0 Å². The van der Waals surface area contributed by atoms with Crippen LogP contribution in [0.25, 0.3) is 16.6 Å². The minimum Gasteiger partial charge on any atom is -0.294 e. The van der Waals surface area contributed by atoms with Crippen molar-refractivity contribution < 1.29 is 4.79 Å². The van der Waals surface area contributed by atoms with Crippen LogP contribution in [-0.2, 0) is 7.05 Å². The van der Waals surface area contributed by atoms with Crippen molar-refractivity contribution >= 4 is 11.3 Å². The Bertz CT molecular complexity index is 782. The van der Waals surface area contributed by atoms with Gasteiger partial charge in [0.2, 0.25) is 0 Å². The predicted molar refractivity (Wildman–Crippen MR) is 76.6 cm³/mol. The molecule has 0 aliphatic heterocycles. The van der Waals surface area contributed by atoms with E-state index < -0.39 is 0 Å². The minimum atomic E-state index is -0.0370. The lowest BCUT2D eigenvalue weighted by Crippen LogP contribution is -2.06. The lowest BCUT2D eigenvalue weighted by molar-refractivity contribution is 0.0941. The van der Waals surface area contributed by atoms with Gasteiger partial charge in [-0.3, -0.25) is 9.48 Å². The number of hydrogen-bond donors (Lipinski definition) is 0. The van der Waals surface area contributed by atoms with E-state index in [9.17, 15) is 4.79 Å². The molecule has 0 saturated carbocycles. The molecule has 102 valence electrons. The molecule has 0 aromatic carbocycles. The number of carbonyl (C=O) groups excluding carboxylic acids is 1. The molecule has 0 bridgehead atoms. The number of Topliss-reactive ketones (excluding diaryl/α,β-unsaturated/α-hetero) is 1. The standard InChI is InChI=1S/C15H16N4O/c1-10(2)15(20)13-8-17-19-5-4-11(6-14(13)19)12-7-16-18(3)9-12/h4-10H,1-3H3. The summed E-state index contributed by atoms with van der Waals surface area (Å²) >= 11 is 0. The summed E-state index contributed by atoms with van der Waals surface area (Å²) in [6, 6.07) is 3.96. The second kappa shape index (κ2) is 4.59. The summed E-state index contributed by atoms with van der Waals surface area (Å²) < 4.78 is 3.49. The summed E-state index contributed by atoms with van der Waals surface area (Å²) in [5, 5.41) is 8.41. The van der Waals surface area contributed by atoms with E-state index in [0.29, 0.717) is 5.56 Å². The van der Waals surface area contributed by atoms with Gasteiger partial charge in [-0.2, -0.15) is 10.2 Å². The van der Waals surface area contributed by atoms with E-state index in [-0.39, 0.29) is 11.7 Å². The Morgan fingerprint density at radius 3 is 2.65 bits per heavy atom. The van der Waals surface area contributed by atoms with Crippen LogP contribution in [0.2, 0.25) is 0 Å². The maximum atomic E-state index is 12.2. The van der Waals surface area contributed by atoms with E-state index in [1.165, 1.54) is 0 Å². The highest BCUT2D eigenvalue weighted by Gasteiger charge is 2.16. The Kier molecular flexibility index (Phi) is 2.89. The van der Waals surface area contributed by atoms with Gasteiger partial charge >= 0.3 is 0 Å². The average molecular weight is 268 g/mol. The highest BCUT2D eigenvalue weighted by molar-refractivity contribution is 6.03. The zero-order valence-corrected chi connectivity index (χ0v) is 11.7. The fraction of sp³-hybridized carbons (Fsp3) is 0.267. The third-order valence-corrected chi connectivity index (χ3v) is 3.35. The second-order valence-corrected chi connectivity index (χ2v) is 5.23. The van der Waals surface area contributed by atoms with E-state index in [0.717, 1.165) is 16.6 Å². The molecular formula is C15H16N4O. The van der Waals surface area contributed by atoms with Crippen LogP contribution < -0.4 is 0 Å². The van der Waals surface area contributed by atoms with Gasteiger partial charge in [-0.25, -0.2) is 4.52 Å². The highest BCUT2D eigenvalue weighted by atomic mass is 16.1. The molecule has 0 fully saturated rings. The first kappa shape index (κ1) is 12.6.